The van der Waals surface area contributed by atoms with Gasteiger partial charge in [-0.3, -0.25) is 4.79 Å². The lowest BCUT2D eigenvalue weighted by Crippen LogP contribution is -2.12. The number of nitrogens with two attached hydrogens (primary N) is 1. The van der Waals surface area contributed by atoms with Crippen LogP contribution < -0.4 is 10.5 Å². The number of rotatable bonds is 4. The minimum atomic E-state index is -0.782. The molecule has 0 aliphatic rings. The molecule has 0 bridgehead atoms. The minimum Gasteiger partial charge on any atom is -0.454 e. The number of aromatic nitrogens is 1. The molecule has 2 N–H and O–H groups in total. The summed E-state index contributed by atoms with van der Waals surface area (Å²) in [5.74, 6) is -1.75. The molecule has 0 saturated carbocycles. The van der Waals surface area contributed by atoms with Crippen LogP contribution in [0.1, 0.15) is 10.5 Å². The van der Waals surface area contributed by atoms with E-state index in [0.717, 1.165) is 17.7 Å². The van der Waals surface area contributed by atoms with E-state index in [2.05, 4.69) is 4.98 Å². The molecule has 0 saturated heterocycles. The van der Waals surface area contributed by atoms with Gasteiger partial charge in [-0.25, -0.2) is 13.8 Å². The fraction of sp³-hybridized carbons (Fsp3) is 0. The summed E-state index contributed by atoms with van der Waals surface area (Å²) in [6.07, 6.45) is 0. The lowest BCUT2D eigenvalue weighted by molar-refractivity contribution is 0.0995. The van der Waals surface area contributed by atoms with E-state index in [0.29, 0.717) is 11.4 Å². The molecule has 6 heteroatoms. The van der Waals surface area contributed by atoms with Gasteiger partial charge in [-0.2, -0.15) is 0 Å². The Morgan fingerprint density at radius 3 is 2.42 bits per heavy atom. The molecular formula is C18H12F2N2O2. The summed E-state index contributed by atoms with van der Waals surface area (Å²) in [5, 5.41) is 0. The van der Waals surface area contributed by atoms with Crippen LogP contribution in [0.4, 0.5) is 8.78 Å². The normalized spacial score (nSPS) is 10.4. The van der Waals surface area contributed by atoms with Crippen LogP contribution in [-0.4, -0.2) is 10.9 Å². The second-order valence-corrected chi connectivity index (χ2v) is 4.97. The van der Waals surface area contributed by atoms with E-state index < -0.39 is 17.5 Å². The van der Waals surface area contributed by atoms with Gasteiger partial charge in [0.25, 0.3) is 5.91 Å². The predicted octanol–water partition coefficient (Wildman–Crippen LogP) is 3.92. The number of carbonyl (C=O) groups is 1. The Morgan fingerprint density at radius 2 is 1.75 bits per heavy atom. The lowest BCUT2D eigenvalue weighted by atomic mass is 10.1. The molecule has 3 rings (SSSR count). The number of pyridine rings is 1. The summed E-state index contributed by atoms with van der Waals surface area (Å²) < 4.78 is 31.8. The Hall–Kier alpha value is -3.28. The first-order valence-electron chi connectivity index (χ1n) is 7.03. The van der Waals surface area contributed by atoms with Crippen LogP contribution in [0.5, 0.6) is 11.5 Å². The zero-order chi connectivity index (χ0) is 17.1. The molecule has 1 heterocycles. The van der Waals surface area contributed by atoms with Crippen LogP contribution in [0, 0.1) is 11.6 Å². The number of nitrogens with zero attached hydrogens (tertiary/aromatic N) is 1. The predicted molar refractivity (Wildman–Crippen MR) is 84.6 cm³/mol. The highest BCUT2D eigenvalue weighted by atomic mass is 19.1. The van der Waals surface area contributed by atoms with E-state index in [-0.39, 0.29) is 11.4 Å². The number of amides is 1. The molecule has 0 atom stereocenters. The van der Waals surface area contributed by atoms with Gasteiger partial charge in [0.05, 0.1) is 5.69 Å². The summed E-state index contributed by atoms with van der Waals surface area (Å²) in [7, 11) is 0. The van der Waals surface area contributed by atoms with Crippen molar-refractivity contribution in [3.8, 4) is 22.8 Å². The molecule has 1 aromatic heterocycles. The first kappa shape index (κ1) is 15.6. The molecule has 120 valence electrons. The van der Waals surface area contributed by atoms with Crippen molar-refractivity contribution >= 4 is 5.91 Å². The molecule has 0 spiro atoms. The molecule has 3 aromatic rings. The quantitative estimate of drug-likeness (QED) is 0.791. The van der Waals surface area contributed by atoms with Crippen LogP contribution in [-0.2, 0) is 0 Å². The van der Waals surface area contributed by atoms with Gasteiger partial charge >= 0.3 is 0 Å². The Labute approximate surface area is 136 Å². The summed E-state index contributed by atoms with van der Waals surface area (Å²) in [6.45, 7) is 0. The van der Waals surface area contributed by atoms with Crippen LogP contribution in [0.15, 0.2) is 60.7 Å². The highest BCUT2D eigenvalue weighted by molar-refractivity contribution is 5.91. The highest BCUT2D eigenvalue weighted by Crippen LogP contribution is 2.27. The first-order chi connectivity index (χ1) is 11.5. The van der Waals surface area contributed by atoms with Crippen molar-refractivity contribution < 1.29 is 18.3 Å². The molecule has 2 aromatic carbocycles. The van der Waals surface area contributed by atoms with Gasteiger partial charge in [-0.05, 0) is 48.5 Å². The molecule has 0 fully saturated rings. The van der Waals surface area contributed by atoms with Gasteiger partial charge in [0.2, 0.25) is 0 Å². The topological polar surface area (TPSA) is 65.2 Å². The zero-order valence-corrected chi connectivity index (χ0v) is 12.4. The van der Waals surface area contributed by atoms with Gasteiger partial charge in [0, 0.05) is 11.6 Å². The third kappa shape index (κ3) is 3.38. The van der Waals surface area contributed by atoms with Crippen LogP contribution in [0.3, 0.4) is 0 Å². The Balaban J connectivity index is 1.83. The molecule has 0 radical (unpaired) electrons. The lowest BCUT2D eigenvalue weighted by Gasteiger charge is -2.08. The first-order valence-corrected chi connectivity index (χ1v) is 7.03. The molecule has 0 unspecified atom stereocenters. The zero-order valence-electron chi connectivity index (χ0n) is 12.4. The Bertz CT molecular complexity index is 896. The largest absolute Gasteiger partial charge is 0.454 e. The minimum absolute atomic E-state index is 0.0713. The Kier molecular flexibility index (Phi) is 4.20. The number of primary amides is 1. The van der Waals surface area contributed by atoms with E-state index >= 15 is 0 Å². The summed E-state index contributed by atoms with van der Waals surface area (Å²) in [6, 6.07) is 14.7. The number of halogens is 2. The number of hydrogen-bond donors (Lipinski definition) is 1. The van der Waals surface area contributed by atoms with Gasteiger partial charge in [0.15, 0.2) is 11.6 Å². The maximum absolute atomic E-state index is 13.6. The second kappa shape index (κ2) is 6.45. The van der Waals surface area contributed by atoms with Crippen molar-refractivity contribution in [2.45, 2.75) is 0 Å². The van der Waals surface area contributed by atoms with Crippen LogP contribution >= 0.6 is 0 Å². The number of carbonyl (C=O) groups excluding carboxylic acids is 1. The van der Waals surface area contributed by atoms with Crippen molar-refractivity contribution in [2.24, 2.45) is 5.73 Å². The van der Waals surface area contributed by atoms with E-state index in [4.69, 9.17) is 10.5 Å². The van der Waals surface area contributed by atoms with E-state index in [1.54, 1.807) is 36.4 Å². The fourth-order valence-corrected chi connectivity index (χ4v) is 2.11. The van der Waals surface area contributed by atoms with E-state index in [9.17, 15) is 13.6 Å². The third-order valence-electron chi connectivity index (χ3n) is 3.27. The Morgan fingerprint density at radius 1 is 1.00 bits per heavy atom. The number of benzene rings is 2. The molecule has 4 nitrogen and oxygen atoms in total. The molecular weight excluding hydrogens is 313 g/mol. The molecule has 0 aliphatic heterocycles. The maximum atomic E-state index is 13.6. The maximum Gasteiger partial charge on any atom is 0.267 e. The highest BCUT2D eigenvalue weighted by Gasteiger charge is 2.08. The smallest absolute Gasteiger partial charge is 0.267 e. The van der Waals surface area contributed by atoms with Gasteiger partial charge in [-0.15, -0.1) is 0 Å². The summed E-state index contributed by atoms with van der Waals surface area (Å²) >= 11 is 0. The molecule has 1 amide bonds. The van der Waals surface area contributed by atoms with Crippen LogP contribution in [0.2, 0.25) is 0 Å². The van der Waals surface area contributed by atoms with Crippen molar-refractivity contribution in [1.82, 2.24) is 4.98 Å². The number of hydrogen-bond acceptors (Lipinski definition) is 3. The summed E-state index contributed by atoms with van der Waals surface area (Å²) in [4.78, 5) is 15.3. The molecule has 0 aliphatic carbocycles. The summed E-state index contributed by atoms with van der Waals surface area (Å²) in [5.41, 5.74) is 6.70. The van der Waals surface area contributed by atoms with Crippen molar-refractivity contribution in [2.75, 3.05) is 0 Å². The van der Waals surface area contributed by atoms with Gasteiger partial charge in [-0.1, -0.05) is 6.07 Å². The van der Waals surface area contributed by atoms with Gasteiger partial charge in [0.1, 0.15) is 17.3 Å². The second-order valence-electron chi connectivity index (χ2n) is 4.97. The van der Waals surface area contributed by atoms with Crippen molar-refractivity contribution in [1.29, 1.82) is 0 Å². The van der Waals surface area contributed by atoms with Crippen molar-refractivity contribution in [3.05, 3.63) is 78.0 Å². The average molecular weight is 325 g/mol. The standard InChI is InChI=1S/C18H12F2N2O2/c19-12-6-9-17(14(20)10-12)24-13-7-4-11(5-8-13)15-2-1-3-16(22-15)18(21)23/h1-10H,(H2,21,23)/i19-1. The third-order valence-corrected chi connectivity index (χ3v) is 3.27. The van der Waals surface area contributed by atoms with E-state index in [1.807, 2.05) is 0 Å². The van der Waals surface area contributed by atoms with Crippen LogP contribution in [0.25, 0.3) is 11.3 Å². The average Bonchev–Trinajstić information content (AvgIpc) is 2.58. The fourth-order valence-electron chi connectivity index (χ4n) is 2.11. The van der Waals surface area contributed by atoms with Gasteiger partial charge < -0.3 is 10.5 Å². The monoisotopic (exact) mass is 325 g/mol. The molecule has 24 heavy (non-hydrogen) atoms. The van der Waals surface area contributed by atoms with Crippen molar-refractivity contribution in [3.63, 3.8) is 0 Å². The van der Waals surface area contributed by atoms with E-state index in [1.165, 1.54) is 12.1 Å². The SMILES string of the molecule is NC(=O)c1cccc(-c2ccc(Oc3ccc([18F])cc3F)cc2)n1. The number of ether oxygens (including phenoxy) is 1.